The number of hydrogen-bond acceptors (Lipinski definition) is 5. The van der Waals surface area contributed by atoms with E-state index < -0.39 is 34.2 Å². The number of ether oxygens (including phenoxy) is 1. The molecule has 0 atom stereocenters. The van der Waals surface area contributed by atoms with Crippen LogP contribution in [0.3, 0.4) is 0 Å². The number of carbonyl (C=O) groups is 2. The van der Waals surface area contributed by atoms with Crippen LogP contribution in [0.2, 0.25) is 0 Å². The maximum Gasteiger partial charge on any atom is 0.407 e. The molecule has 0 fully saturated rings. The summed E-state index contributed by atoms with van der Waals surface area (Å²) >= 11 is 0. The van der Waals surface area contributed by atoms with Gasteiger partial charge in [0.1, 0.15) is 12.1 Å². The molecule has 0 spiro atoms. The van der Waals surface area contributed by atoms with Gasteiger partial charge in [0.25, 0.3) is 0 Å². The number of aliphatic carboxylic acids is 1. The van der Waals surface area contributed by atoms with Gasteiger partial charge in [-0.3, -0.25) is 4.79 Å². The molecule has 1 aromatic rings. The van der Waals surface area contributed by atoms with Gasteiger partial charge in [-0.2, -0.15) is 4.72 Å². The van der Waals surface area contributed by atoms with E-state index in [1.807, 2.05) is 10.8 Å². The van der Waals surface area contributed by atoms with E-state index in [2.05, 4.69) is 5.32 Å². The SMILES string of the molecule is CC(C)(C)OC(=O)NCCC=Cc1ccc(S(=O)(=O)NCC(=O)O)cc1. The molecule has 0 bridgehead atoms. The number of hydrogen-bond donors (Lipinski definition) is 3. The average Bonchev–Trinajstić information content (AvgIpc) is 2.51. The Bertz CT molecular complexity index is 748. The van der Waals surface area contributed by atoms with Crippen molar-refractivity contribution in [1.29, 1.82) is 0 Å². The van der Waals surface area contributed by atoms with E-state index in [-0.39, 0.29) is 4.90 Å². The van der Waals surface area contributed by atoms with Crippen LogP contribution in [0, 0.1) is 0 Å². The Hall–Kier alpha value is -2.39. The molecule has 0 heterocycles. The number of nitrogens with one attached hydrogen (secondary N) is 2. The van der Waals surface area contributed by atoms with E-state index >= 15 is 0 Å². The lowest BCUT2D eigenvalue weighted by molar-refractivity contribution is -0.135. The van der Waals surface area contributed by atoms with Gasteiger partial charge in [0.15, 0.2) is 0 Å². The lowest BCUT2D eigenvalue weighted by atomic mass is 10.2. The lowest BCUT2D eigenvalue weighted by Crippen LogP contribution is -2.32. The fourth-order valence-electron chi connectivity index (χ4n) is 1.79. The summed E-state index contributed by atoms with van der Waals surface area (Å²) in [4.78, 5) is 21.9. The Balaban J connectivity index is 2.48. The van der Waals surface area contributed by atoms with Gasteiger partial charge in [0.2, 0.25) is 10.0 Å². The van der Waals surface area contributed by atoms with Crippen molar-refractivity contribution in [3.8, 4) is 0 Å². The lowest BCUT2D eigenvalue weighted by Gasteiger charge is -2.19. The van der Waals surface area contributed by atoms with Gasteiger partial charge >= 0.3 is 12.1 Å². The predicted octanol–water partition coefficient (Wildman–Crippen LogP) is 1.98. The van der Waals surface area contributed by atoms with Gasteiger partial charge < -0.3 is 15.2 Å². The van der Waals surface area contributed by atoms with Gasteiger partial charge in [-0.25, -0.2) is 13.2 Å². The highest BCUT2D eigenvalue weighted by Gasteiger charge is 2.15. The highest BCUT2D eigenvalue weighted by molar-refractivity contribution is 7.89. The summed E-state index contributed by atoms with van der Waals surface area (Å²) in [5, 5.41) is 11.2. The minimum absolute atomic E-state index is 0.0116. The minimum atomic E-state index is -3.84. The Morgan fingerprint density at radius 3 is 2.35 bits per heavy atom. The summed E-state index contributed by atoms with van der Waals surface area (Å²) in [6.07, 6.45) is 3.73. The Labute approximate surface area is 153 Å². The molecule has 144 valence electrons. The topological polar surface area (TPSA) is 122 Å². The molecular weight excluding hydrogens is 360 g/mol. The first kappa shape index (κ1) is 21.7. The second-order valence-electron chi connectivity index (χ2n) is 6.41. The van der Waals surface area contributed by atoms with Crippen molar-refractivity contribution in [1.82, 2.24) is 10.0 Å². The number of carboxylic acid groups (broad SMARTS) is 1. The van der Waals surface area contributed by atoms with Crippen LogP contribution in [0.25, 0.3) is 6.08 Å². The zero-order chi connectivity index (χ0) is 19.8. The molecule has 0 radical (unpaired) electrons. The Kier molecular flexibility index (Phi) is 7.78. The zero-order valence-electron chi connectivity index (χ0n) is 15.0. The number of benzene rings is 1. The van der Waals surface area contributed by atoms with Crippen LogP contribution in [-0.2, 0) is 19.6 Å². The van der Waals surface area contributed by atoms with E-state index in [1.54, 1.807) is 39.0 Å². The molecule has 0 aliphatic rings. The fraction of sp³-hybridized carbons (Fsp3) is 0.412. The van der Waals surface area contributed by atoms with E-state index in [0.717, 1.165) is 5.56 Å². The van der Waals surface area contributed by atoms with E-state index in [9.17, 15) is 18.0 Å². The van der Waals surface area contributed by atoms with Crippen molar-refractivity contribution in [3.63, 3.8) is 0 Å². The molecule has 1 amide bonds. The molecule has 0 unspecified atom stereocenters. The minimum Gasteiger partial charge on any atom is -0.480 e. The van der Waals surface area contributed by atoms with E-state index in [4.69, 9.17) is 9.84 Å². The maximum atomic E-state index is 11.9. The molecule has 0 saturated heterocycles. The largest absolute Gasteiger partial charge is 0.480 e. The third kappa shape index (κ3) is 8.63. The van der Waals surface area contributed by atoms with Crippen LogP contribution in [0.4, 0.5) is 4.79 Å². The molecule has 0 aliphatic carbocycles. The number of rotatable bonds is 8. The normalized spacial score (nSPS) is 12.1. The monoisotopic (exact) mass is 384 g/mol. The number of alkyl carbamates (subject to hydrolysis) is 1. The Morgan fingerprint density at radius 1 is 1.19 bits per heavy atom. The molecule has 9 heteroatoms. The summed E-state index contributed by atoms with van der Waals surface area (Å²) in [6.45, 7) is 5.10. The zero-order valence-corrected chi connectivity index (χ0v) is 15.8. The molecule has 3 N–H and O–H groups in total. The molecule has 26 heavy (non-hydrogen) atoms. The van der Waals surface area contributed by atoms with Crippen molar-refractivity contribution in [3.05, 3.63) is 35.9 Å². The van der Waals surface area contributed by atoms with Crippen LogP contribution in [-0.4, -0.2) is 44.3 Å². The maximum absolute atomic E-state index is 11.9. The first-order chi connectivity index (χ1) is 12.0. The summed E-state index contributed by atoms with van der Waals surface area (Å²) < 4.78 is 30.8. The quantitative estimate of drug-likeness (QED) is 0.589. The molecule has 1 aromatic carbocycles. The number of carboxylic acids is 1. The van der Waals surface area contributed by atoms with Gasteiger partial charge in [-0.1, -0.05) is 24.3 Å². The van der Waals surface area contributed by atoms with Gasteiger partial charge in [0, 0.05) is 6.54 Å². The van der Waals surface area contributed by atoms with Crippen LogP contribution >= 0.6 is 0 Å². The van der Waals surface area contributed by atoms with Crippen LogP contribution in [0.1, 0.15) is 32.8 Å². The molecule has 0 aliphatic heterocycles. The summed E-state index contributed by atoms with van der Waals surface area (Å²) in [7, 11) is -3.84. The summed E-state index contributed by atoms with van der Waals surface area (Å²) in [6, 6.07) is 5.99. The van der Waals surface area contributed by atoms with Crippen molar-refractivity contribution in [2.24, 2.45) is 0 Å². The van der Waals surface area contributed by atoms with Crippen molar-refractivity contribution in [2.45, 2.75) is 37.7 Å². The first-order valence-corrected chi connectivity index (χ1v) is 9.43. The molecule has 8 nitrogen and oxygen atoms in total. The second kappa shape index (κ2) is 9.35. The van der Waals surface area contributed by atoms with Crippen molar-refractivity contribution >= 4 is 28.2 Å². The van der Waals surface area contributed by atoms with Crippen molar-refractivity contribution in [2.75, 3.05) is 13.1 Å². The predicted molar refractivity (Wildman–Crippen MR) is 97.2 cm³/mol. The van der Waals surface area contributed by atoms with Gasteiger partial charge in [-0.15, -0.1) is 0 Å². The molecule has 0 saturated carbocycles. The van der Waals surface area contributed by atoms with E-state index in [1.165, 1.54) is 12.1 Å². The standard InChI is InChI=1S/C17H24N2O6S/c1-17(2,3)25-16(22)18-11-5-4-6-13-7-9-14(10-8-13)26(23,24)19-12-15(20)21/h4,6-10,19H,5,11-12H2,1-3H3,(H,18,22)(H,20,21). The average molecular weight is 384 g/mol. The number of amides is 1. The third-order valence-corrected chi connectivity index (χ3v) is 4.31. The van der Waals surface area contributed by atoms with E-state index in [0.29, 0.717) is 13.0 Å². The summed E-state index contributed by atoms with van der Waals surface area (Å²) in [5.41, 5.74) is 0.237. The van der Waals surface area contributed by atoms with Crippen molar-refractivity contribution < 1.29 is 27.9 Å². The summed E-state index contributed by atoms with van der Waals surface area (Å²) in [5.74, 6) is -1.26. The molecule has 1 rings (SSSR count). The van der Waals surface area contributed by atoms with Crippen LogP contribution in [0.5, 0.6) is 0 Å². The highest BCUT2D eigenvalue weighted by atomic mass is 32.2. The third-order valence-electron chi connectivity index (χ3n) is 2.89. The molecular formula is C17H24N2O6S. The number of carbonyl (C=O) groups excluding carboxylic acids is 1. The Morgan fingerprint density at radius 2 is 1.81 bits per heavy atom. The van der Waals surface area contributed by atoms with Crippen LogP contribution < -0.4 is 10.0 Å². The number of sulfonamides is 1. The smallest absolute Gasteiger partial charge is 0.407 e. The first-order valence-electron chi connectivity index (χ1n) is 7.94. The molecule has 0 aromatic heterocycles. The fourth-order valence-corrected chi connectivity index (χ4v) is 2.76. The highest BCUT2D eigenvalue weighted by Crippen LogP contribution is 2.12. The second-order valence-corrected chi connectivity index (χ2v) is 8.17. The van der Waals surface area contributed by atoms with Gasteiger partial charge in [-0.05, 0) is 44.9 Å². The van der Waals surface area contributed by atoms with Gasteiger partial charge in [0.05, 0.1) is 4.90 Å². The van der Waals surface area contributed by atoms with Crippen LogP contribution in [0.15, 0.2) is 35.2 Å².